The quantitative estimate of drug-likeness (QED) is 0.605. The normalized spacial score (nSPS) is 23.0. The van der Waals surface area contributed by atoms with E-state index in [1.807, 2.05) is 0 Å². The summed E-state index contributed by atoms with van der Waals surface area (Å²) in [6.45, 7) is 5.46. The summed E-state index contributed by atoms with van der Waals surface area (Å²) >= 11 is 0. The van der Waals surface area contributed by atoms with E-state index in [-0.39, 0.29) is 6.10 Å². The molecule has 1 saturated carbocycles. The highest BCUT2D eigenvalue weighted by atomic mass is 16.5. The van der Waals surface area contributed by atoms with Crippen LogP contribution < -0.4 is 0 Å². The molecule has 0 aromatic rings. The summed E-state index contributed by atoms with van der Waals surface area (Å²) in [6, 6.07) is 0. The molecule has 1 nitrogen and oxygen atoms in total. The summed E-state index contributed by atoms with van der Waals surface area (Å²) in [5.74, 6) is 0.679. The largest absolute Gasteiger partial charge is 0.377 e. The maximum absolute atomic E-state index is 5.46. The predicted octanol–water partition coefficient (Wildman–Crippen LogP) is 2.57. The van der Waals surface area contributed by atoms with Gasteiger partial charge in [-0.3, -0.25) is 0 Å². The first-order valence-corrected chi connectivity index (χ1v) is 4.46. The highest BCUT2D eigenvalue weighted by Crippen LogP contribution is 2.27. The van der Waals surface area contributed by atoms with E-state index >= 15 is 0 Å². The fourth-order valence-corrected chi connectivity index (χ4v) is 1.89. The maximum atomic E-state index is 5.46. The van der Waals surface area contributed by atoms with E-state index < -0.39 is 0 Å². The molecule has 1 heteroatoms. The first-order chi connectivity index (χ1) is 5.38. The highest BCUT2D eigenvalue weighted by Gasteiger charge is 2.20. The second kappa shape index (κ2) is 4.55. The monoisotopic (exact) mass is 153 g/mol. The van der Waals surface area contributed by atoms with Gasteiger partial charge >= 0.3 is 0 Å². The Morgan fingerprint density at radius 2 is 2.00 bits per heavy atom. The van der Waals surface area contributed by atoms with Gasteiger partial charge in [0.25, 0.3) is 0 Å². The van der Waals surface area contributed by atoms with Crippen molar-refractivity contribution in [3.63, 3.8) is 0 Å². The van der Waals surface area contributed by atoms with Crippen LogP contribution in [0, 0.1) is 12.5 Å². The molecule has 0 N–H and O–H groups in total. The second-order valence-electron chi connectivity index (χ2n) is 3.29. The van der Waals surface area contributed by atoms with E-state index in [1.165, 1.54) is 32.1 Å². The number of rotatable bonds is 3. The Labute approximate surface area is 69.4 Å². The van der Waals surface area contributed by atoms with E-state index in [9.17, 15) is 0 Å². The van der Waals surface area contributed by atoms with E-state index in [1.54, 1.807) is 13.2 Å². The molecule has 1 fully saturated rings. The molecule has 1 radical (unpaired) electrons. The standard InChI is InChI=1S/C10H17O/c1-3-10(11-2)9-7-5-4-6-8-9/h1,3,9-10H,4-8H2,2H3. The molecule has 0 amide bonds. The van der Waals surface area contributed by atoms with Gasteiger partial charge in [-0.2, -0.15) is 0 Å². The molecule has 0 heterocycles. The zero-order valence-electron chi connectivity index (χ0n) is 7.25. The van der Waals surface area contributed by atoms with Gasteiger partial charge in [-0.15, -0.1) is 0 Å². The first kappa shape index (κ1) is 8.79. The summed E-state index contributed by atoms with van der Waals surface area (Å²) < 4.78 is 5.26. The molecule has 1 aliphatic rings. The van der Waals surface area contributed by atoms with Crippen LogP contribution in [0.5, 0.6) is 0 Å². The highest BCUT2D eigenvalue weighted by molar-refractivity contribution is 4.85. The third-order valence-corrected chi connectivity index (χ3v) is 2.58. The minimum absolute atomic E-state index is 0.190. The summed E-state index contributed by atoms with van der Waals surface area (Å²) in [7, 11) is 1.74. The lowest BCUT2D eigenvalue weighted by Crippen LogP contribution is -2.22. The van der Waals surface area contributed by atoms with Crippen molar-refractivity contribution >= 4 is 0 Å². The Morgan fingerprint density at radius 3 is 2.45 bits per heavy atom. The van der Waals surface area contributed by atoms with Gasteiger partial charge in [-0.05, 0) is 18.8 Å². The summed E-state index contributed by atoms with van der Waals surface area (Å²) in [5, 5.41) is 0. The zero-order valence-corrected chi connectivity index (χ0v) is 7.25. The topological polar surface area (TPSA) is 9.23 Å². The second-order valence-corrected chi connectivity index (χ2v) is 3.29. The lowest BCUT2D eigenvalue weighted by Gasteiger charge is -2.26. The molecule has 0 aromatic carbocycles. The molecule has 1 unspecified atom stereocenters. The van der Waals surface area contributed by atoms with E-state index in [2.05, 4.69) is 0 Å². The minimum atomic E-state index is 0.190. The van der Waals surface area contributed by atoms with Crippen molar-refractivity contribution < 1.29 is 4.74 Å². The minimum Gasteiger partial charge on any atom is -0.377 e. The molecule has 0 spiro atoms. The summed E-state index contributed by atoms with van der Waals surface area (Å²) in [5.41, 5.74) is 0. The Bertz CT molecular complexity index is 114. The number of hydrogen-bond acceptors (Lipinski definition) is 1. The van der Waals surface area contributed by atoms with Crippen molar-refractivity contribution in [3.8, 4) is 0 Å². The van der Waals surface area contributed by atoms with Crippen LogP contribution in [0.1, 0.15) is 32.1 Å². The molecular weight excluding hydrogens is 136 g/mol. The van der Waals surface area contributed by atoms with E-state index in [0.717, 1.165) is 0 Å². The lowest BCUT2D eigenvalue weighted by atomic mass is 9.85. The molecule has 0 aliphatic heterocycles. The molecule has 1 atom stereocenters. The number of methoxy groups -OCH3 is 1. The molecule has 0 saturated heterocycles. The van der Waals surface area contributed by atoms with Gasteiger partial charge in [0.15, 0.2) is 0 Å². The van der Waals surface area contributed by atoms with Gasteiger partial charge in [0.2, 0.25) is 0 Å². The predicted molar refractivity (Wildman–Crippen MR) is 46.2 cm³/mol. The van der Waals surface area contributed by atoms with Gasteiger partial charge in [-0.25, -0.2) is 0 Å². The first-order valence-electron chi connectivity index (χ1n) is 4.46. The van der Waals surface area contributed by atoms with E-state index in [4.69, 9.17) is 11.3 Å². The Hall–Kier alpha value is -0.300. The van der Waals surface area contributed by atoms with Crippen molar-refractivity contribution in [1.82, 2.24) is 0 Å². The van der Waals surface area contributed by atoms with Crippen LogP contribution in [-0.2, 0) is 4.74 Å². The number of hydrogen-bond donors (Lipinski definition) is 0. The Kier molecular flexibility index (Phi) is 3.64. The molecule has 1 rings (SSSR count). The molecule has 0 bridgehead atoms. The van der Waals surface area contributed by atoms with Crippen LogP contribution in [0.15, 0.2) is 6.08 Å². The zero-order chi connectivity index (χ0) is 8.10. The van der Waals surface area contributed by atoms with Crippen molar-refractivity contribution in [1.29, 1.82) is 0 Å². The van der Waals surface area contributed by atoms with Crippen molar-refractivity contribution in [3.05, 3.63) is 12.7 Å². The van der Waals surface area contributed by atoms with Crippen LogP contribution in [0.3, 0.4) is 0 Å². The van der Waals surface area contributed by atoms with Crippen LogP contribution >= 0.6 is 0 Å². The average Bonchev–Trinajstić information content (AvgIpc) is 2.09. The smallest absolute Gasteiger partial charge is 0.0783 e. The van der Waals surface area contributed by atoms with Crippen LogP contribution in [0.4, 0.5) is 0 Å². The molecule has 63 valence electrons. The van der Waals surface area contributed by atoms with Gasteiger partial charge in [-0.1, -0.05) is 31.9 Å². The van der Waals surface area contributed by atoms with E-state index in [0.29, 0.717) is 5.92 Å². The van der Waals surface area contributed by atoms with Crippen LogP contribution in [-0.4, -0.2) is 13.2 Å². The van der Waals surface area contributed by atoms with Crippen molar-refractivity contribution in [2.75, 3.05) is 7.11 Å². The fraction of sp³-hybridized carbons (Fsp3) is 0.800. The van der Waals surface area contributed by atoms with Crippen molar-refractivity contribution in [2.45, 2.75) is 38.2 Å². The van der Waals surface area contributed by atoms with Gasteiger partial charge in [0.05, 0.1) is 6.10 Å². The summed E-state index contributed by atoms with van der Waals surface area (Å²) in [6.07, 6.45) is 8.53. The average molecular weight is 153 g/mol. The molecule has 1 aliphatic carbocycles. The fourth-order valence-electron chi connectivity index (χ4n) is 1.89. The SMILES string of the molecule is [CH]=CC(OC)C1CCCCC1. The number of ether oxygens (including phenoxy) is 1. The Balaban J connectivity index is 2.35. The molecular formula is C10H17O. The molecule has 0 aromatic heterocycles. The maximum Gasteiger partial charge on any atom is 0.0783 e. The Morgan fingerprint density at radius 1 is 1.36 bits per heavy atom. The summed E-state index contributed by atoms with van der Waals surface area (Å²) in [4.78, 5) is 0. The van der Waals surface area contributed by atoms with Gasteiger partial charge in [0, 0.05) is 7.11 Å². The third-order valence-electron chi connectivity index (χ3n) is 2.58. The van der Waals surface area contributed by atoms with Crippen LogP contribution in [0.2, 0.25) is 0 Å². The van der Waals surface area contributed by atoms with Gasteiger partial charge < -0.3 is 4.74 Å². The third kappa shape index (κ3) is 2.33. The van der Waals surface area contributed by atoms with Crippen LogP contribution in [0.25, 0.3) is 0 Å². The van der Waals surface area contributed by atoms with Gasteiger partial charge in [0.1, 0.15) is 0 Å². The molecule has 11 heavy (non-hydrogen) atoms. The lowest BCUT2D eigenvalue weighted by molar-refractivity contribution is 0.0720. The van der Waals surface area contributed by atoms with Crippen molar-refractivity contribution in [2.24, 2.45) is 5.92 Å².